The molecule has 1 aromatic carbocycles. The van der Waals surface area contributed by atoms with Gasteiger partial charge in [-0.25, -0.2) is 4.79 Å². The third kappa shape index (κ3) is 6.81. The Hall–Kier alpha value is -2.67. The summed E-state index contributed by atoms with van der Waals surface area (Å²) in [6.07, 6.45) is 0. The van der Waals surface area contributed by atoms with Crippen molar-refractivity contribution >= 4 is 29.0 Å². The molecule has 0 fully saturated rings. The lowest BCUT2D eigenvalue weighted by Crippen LogP contribution is -2.19. The van der Waals surface area contributed by atoms with Crippen LogP contribution in [0.15, 0.2) is 36.4 Å². The van der Waals surface area contributed by atoms with E-state index in [1.807, 2.05) is 12.1 Å². The standard InChI is InChI=1S/C21H25NO5S/c1-14(23)22-11-17-9-10-19(28-17)18(24)12-27-20(25)13-26-16-7-5-15(6-8-16)21(2,3)4/h5-10H,11-13H2,1-4H3,(H,22,23). The smallest absolute Gasteiger partial charge is 0.344 e. The van der Waals surface area contributed by atoms with Gasteiger partial charge in [-0.15, -0.1) is 11.3 Å². The fourth-order valence-electron chi connectivity index (χ4n) is 2.29. The predicted octanol–water partition coefficient (Wildman–Crippen LogP) is 3.49. The van der Waals surface area contributed by atoms with Crippen molar-refractivity contribution in [1.29, 1.82) is 0 Å². The van der Waals surface area contributed by atoms with Gasteiger partial charge in [0.1, 0.15) is 5.75 Å². The SMILES string of the molecule is CC(=O)NCc1ccc(C(=O)COC(=O)COc2ccc(C(C)(C)C)cc2)s1. The molecule has 1 amide bonds. The topological polar surface area (TPSA) is 81.7 Å². The van der Waals surface area contributed by atoms with Crippen LogP contribution in [0.1, 0.15) is 47.8 Å². The Balaban J connectivity index is 1.76. The molecular weight excluding hydrogens is 378 g/mol. The Morgan fingerprint density at radius 3 is 2.29 bits per heavy atom. The minimum absolute atomic E-state index is 0.0433. The lowest BCUT2D eigenvalue weighted by molar-refractivity contribution is -0.144. The summed E-state index contributed by atoms with van der Waals surface area (Å²) in [5.41, 5.74) is 1.21. The van der Waals surface area contributed by atoms with E-state index in [-0.39, 0.29) is 30.3 Å². The van der Waals surface area contributed by atoms with Gasteiger partial charge in [-0.1, -0.05) is 32.9 Å². The number of rotatable bonds is 8. The van der Waals surface area contributed by atoms with Crippen molar-refractivity contribution < 1.29 is 23.9 Å². The maximum absolute atomic E-state index is 12.1. The highest BCUT2D eigenvalue weighted by Crippen LogP contribution is 2.24. The summed E-state index contributed by atoms with van der Waals surface area (Å²) in [4.78, 5) is 36.2. The van der Waals surface area contributed by atoms with Crippen LogP contribution in [-0.4, -0.2) is 30.9 Å². The van der Waals surface area contributed by atoms with E-state index in [1.54, 1.807) is 24.3 Å². The summed E-state index contributed by atoms with van der Waals surface area (Å²) in [6, 6.07) is 11.0. The number of ether oxygens (including phenoxy) is 2. The molecule has 0 aliphatic carbocycles. The van der Waals surface area contributed by atoms with Crippen LogP contribution < -0.4 is 10.1 Å². The number of carbonyl (C=O) groups excluding carboxylic acids is 3. The average Bonchev–Trinajstić information content (AvgIpc) is 3.11. The molecule has 2 aromatic rings. The second kappa shape index (κ2) is 9.50. The predicted molar refractivity (Wildman–Crippen MR) is 108 cm³/mol. The molecule has 28 heavy (non-hydrogen) atoms. The molecule has 0 spiro atoms. The largest absolute Gasteiger partial charge is 0.482 e. The molecule has 0 bridgehead atoms. The number of carbonyl (C=O) groups is 3. The third-order valence-corrected chi connectivity index (χ3v) is 5.02. The maximum Gasteiger partial charge on any atom is 0.344 e. The average molecular weight is 404 g/mol. The van der Waals surface area contributed by atoms with Gasteiger partial charge >= 0.3 is 5.97 Å². The molecule has 0 atom stereocenters. The Kier molecular flexibility index (Phi) is 7.34. The number of hydrogen-bond donors (Lipinski definition) is 1. The van der Waals surface area contributed by atoms with Crippen LogP contribution >= 0.6 is 11.3 Å². The van der Waals surface area contributed by atoms with Crippen LogP contribution in [0.4, 0.5) is 0 Å². The first-order chi connectivity index (χ1) is 13.1. The summed E-state index contributed by atoms with van der Waals surface area (Å²) in [7, 11) is 0. The summed E-state index contributed by atoms with van der Waals surface area (Å²) >= 11 is 1.26. The van der Waals surface area contributed by atoms with E-state index < -0.39 is 5.97 Å². The molecule has 0 aliphatic heterocycles. The third-order valence-electron chi connectivity index (χ3n) is 3.89. The number of thiophene rings is 1. The lowest BCUT2D eigenvalue weighted by atomic mass is 9.87. The van der Waals surface area contributed by atoms with Crippen LogP contribution in [0.5, 0.6) is 5.75 Å². The minimum Gasteiger partial charge on any atom is -0.482 e. The number of nitrogens with one attached hydrogen (secondary N) is 1. The summed E-state index contributed by atoms with van der Waals surface area (Å²) in [5.74, 6) is -0.467. The van der Waals surface area contributed by atoms with E-state index in [0.29, 0.717) is 17.2 Å². The van der Waals surface area contributed by atoms with Crippen molar-refractivity contribution in [2.45, 2.75) is 39.7 Å². The zero-order valence-electron chi connectivity index (χ0n) is 16.5. The zero-order chi connectivity index (χ0) is 20.7. The van der Waals surface area contributed by atoms with E-state index >= 15 is 0 Å². The maximum atomic E-state index is 12.1. The quantitative estimate of drug-likeness (QED) is 0.539. The molecule has 0 radical (unpaired) electrons. The van der Waals surface area contributed by atoms with Crippen molar-refractivity contribution in [1.82, 2.24) is 5.32 Å². The van der Waals surface area contributed by atoms with E-state index in [4.69, 9.17) is 9.47 Å². The van der Waals surface area contributed by atoms with Crippen molar-refractivity contribution in [3.8, 4) is 5.75 Å². The van der Waals surface area contributed by atoms with E-state index in [1.165, 1.54) is 23.8 Å². The van der Waals surface area contributed by atoms with Crippen LogP contribution in [0, 0.1) is 0 Å². The fourth-order valence-corrected chi connectivity index (χ4v) is 3.16. The number of amides is 1. The van der Waals surface area contributed by atoms with Crippen molar-refractivity contribution in [2.24, 2.45) is 0 Å². The fraction of sp³-hybridized carbons (Fsp3) is 0.381. The Bertz CT molecular complexity index is 833. The van der Waals surface area contributed by atoms with Crippen LogP contribution in [0.3, 0.4) is 0 Å². The second-order valence-corrected chi connectivity index (χ2v) is 8.49. The van der Waals surface area contributed by atoms with E-state index in [9.17, 15) is 14.4 Å². The van der Waals surface area contributed by atoms with Crippen molar-refractivity contribution in [2.75, 3.05) is 13.2 Å². The second-order valence-electron chi connectivity index (χ2n) is 7.32. The van der Waals surface area contributed by atoms with Gasteiger partial charge in [0, 0.05) is 11.8 Å². The number of hydrogen-bond acceptors (Lipinski definition) is 6. The van der Waals surface area contributed by atoms with Crippen LogP contribution in [0.25, 0.3) is 0 Å². The molecule has 0 saturated carbocycles. The van der Waals surface area contributed by atoms with Crippen molar-refractivity contribution in [3.05, 3.63) is 51.7 Å². The summed E-state index contributed by atoms with van der Waals surface area (Å²) in [5, 5.41) is 2.67. The molecule has 0 saturated heterocycles. The first-order valence-corrected chi connectivity index (χ1v) is 9.72. The van der Waals surface area contributed by atoms with Gasteiger partial charge < -0.3 is 14.8 Å². The van der Waals surface area contributed by atoms with Gasteiger partial charge in [0.15, 0.2) is 13.2 Å². The van der Waals surface area contributed by atoms with Crippen LogP contribution in [0.2, 0.25) is 0 Å². The molecule has 0 aliphatic rings. The van der Waals surface area contributed by atoms with Crippen LogP contribution in [-0.2, 0) is 26.3 Å². The Morgan fingerprint density at radius 2 is 1.68 bits per heavy atom. The molecule has 7 heteroatoms. The Labute approximate surface area is 168 Å². The summed E-state index contributed by atoms with van der Waals surface area (Å²) < 4.78 is 10.4. The van der Waals surface area contributed by atoms with E-state index in [0.717, 1.165) is 4.88 Å². The molecule has 6 nitrogen and oxygen atoms in total. The highest BCUT2D eigenvalue weighted by molar-refractivity contribution is 7.14. The van der Waals surface area contributed by atoms with E-state index in [2.05, 4.69) is 26.1 Å². The Morgan fingerprint density at radius 1 is 1.00 bits per heavy atom. The summed E-state index contributed by atoms with van der Waals surface area (Å²) in [6.45, 7) is 7.55. The molecule has 150 valence electrons. The number of esters is 1. The van der Waals surface area contributed by atoms with Gasteiger partial charge in [0.25, 0.3) is 0 Å². The van der Waals surface area contributed by atoms with Gasteiger partial charge in [-0.3, -0.25) is 9.59 Å². The van der Waals surface area contributed by atoms with Gasteiger partial charge in [0.2, 0.25) is 11.7 Å². The molecule has 2 rings (SSSR count). The van der Waals surface area contributed by atoms with Gasteiger partial charge in [-0.2, -0.15) is 0 Å². The molecule has 0 unspecified atom stereocenters. The first-order valence-electron chi connectivity index (χ1n) is 8.90. The molecular formula is C21H25NO5S. The highest BCUT2D eigenvalue weighted by Gasteiger charge is 2.15. The number of ketones is 1. The molecule has 1 aromatic heterocycles. The molecule has 1 heterocycles. The molecule has 1 N–H and O–H groups in total. The normalized spacial score (nSPS) is 11.0. The highest BCUT2D eigenvalue weighted by atomic mass is 32.1. The zero-order valence-corrected chi connectivity index (χ0v) is 17.4. The monoisotopic (exact) mass is 403 g/mol. The van der Waals surface area contributed by atoms with Crippen molar-refractivity contribution in [3.63, 3.8) is 0 Å². The van der Waals surface area contributed by atoms with Gasteiger partial charge in [0.05, 0.1) is 11.4 Å². The number of Topliss-reactive ketones (excluding diaryl/α,β-unsaturated/α-hetero) is 1. The first kappa shape index (κ1) is 21.6. The minimum atomic E-state index is -0.608. The lowest BCUT2D eigenvalue weighted by Gasteiger charge is -2.19. The van der Waals surface area contributed by atoms with Gasteiger partial charge in [-0.05, 0) is 35.2 Å². The number of benzene rings is 1.